The molecule has 2 aromatic carbocycles. The molecule has 0 aliphatic carbocycles. The third kappa shape index (κ3) is 3.42. The van der Waals surface area contributed by atoms with Gasteiger partial charge in [0.15, 0.2) is 0 Å². The molecule has 0 spiro atoms. The second kappa shape index (κ2) is 5.59. The predicted molar refractivity (Wildman–Crippen MR) is 72.1 cm³/mol. The summed E-state index contributed by atoms with van der Waals surface area (Å²) in [6.45, 7) is 0. The van der Waals surface area contributed by atoms with Crippen LogP contribution in [0.15, 0.2) is 48.5 Å². The van der Waals surface area contributed by atoms with E-state index in [1.54, 1.807) is 0 Å². The topological polar surface area (TPSA) is 43.1 Å². The highest BCUT2D eigenvalue weighted by molar-refractivity contribution is 6.14. The Morgan fingerprint density at radius 1 is 0.952 bits per heavy atom. The van der Waals surface area contributed by atoms with Gasteiger partial charge in [-0.1, -0.05) is 24.3 Å². The molecule has 1 unspecified atom stereocenters. The molecule has 1 atom stereocenters. The minimum atomic E-state index is -4.39. The van der Waals surface area contributed by atoms with Gasteiger partial charge >= 0.3 is 6.18 Å². The van der Waals surface area contributed by atoms with Crippen LogP contribution in [0.2, 0.25) is 0 Å². The van der Waals surface area contributed by atoms with Crippen molar-refractivity contribution in [3.8, 4) is 0 Å². The molecule has 21 heavy (non-hydrogen) atoms. The van der Waals surface area contributed by atoms with Crippen molar-refractivity contribution in [2.75, 3.05) is 0 Å². The molecular weight excluding hydrogens is 282 g/mol. The lowest BCUT2D eigenvalue weighted by Gasteiger charge is -2.14. The molecule has 0 aliphatic heterocycles. The van der Waals surface area contributed by atoms with Crippen LogP contribution >= 0.6 is 0 Å². The summed E-state index contributed by atoms with van der Waals surface area (Å²) in [5.74, 6) is -0.645. The van der Waals surface area contributed by atoms with E-state index in [0.717, 1.165) is 12.1 Å². The van der Waals surface area contributed by atoms with Crippen LogP contribution in [0.25, 0.3) is 0 Å². The Bertz CT molecular complexity index is 639. The highest BCUT2D eigenvalue weighted by Gasteiger charge is 2.30. The molecule has 3 nitrogen and oxygen atoms in total. The summed E-state index contributed by atoms with van der Waals surface area (Å²) >= 11 is 0. The molecule has 0 amide bonds. The number of alkyl halides is 3. The number of hydrogen-bond acceptors (Lipinski definition) is 2. The van der Waals surface area contributed by atoms with Crippen molar-refractivity contribution in [2.45, 2.75) is 12.0 Å². The first-order valence-corrected chi connectivity index (χ1v) is 5.96. The van der Waals surface area contributed by atoms with Gasteiger partial charge in [-0.25, -0.2) is 0 Å². The zero-order valence-corrected chi connectivity index (χ0v) is 10.7. The molecule has 2 rings (SSSR count). The Balaban J connectivity index is 2.23. The molecule has 0 fully saturated rings. The zero-order chi connectivity index (χ0) is 15.6. The Labute approximate surface area is 120 Å². The highest BCUT2D eigenvalue weighted by atomic mass is 19.4. The third-order valence-electron chi connectivity index (χ3n) is 3.06. The smallest absolute Gasteiger partial charge is 0.258 e. The van der Waals surface area contributed by atoms with Gasteiger partial charge in [-0.15, -0.1) is 0 Å². The lowest BCUT2D eigenvalue weighted by atomic mass is 9.76. The fourth-order valence-corrected chi connectivity index (χ4v) is 1.88. The van der Waals surface area contributed by atoms with Gasteiger partial charge in [-0.05, 0) is 29.1 Å². The van der Waals surface area contributed by atoms with E-state index in [2.05, 4.69) is 0 Å². The lowest BCUT2D eigenvalue weighted by molar-refractivity contribution is -0.384. The maximum Gasteiger partial charge on any atom is 0.416 e. The van der Waals surface area contributed by atoms with Gasteiger partial charge in [0, 0.05) is 12.1 Å². The molecule has 2 radical (unpaired) electrons. The van der Waals surface area contributed by atoms with Gasteiger partial charge in [0.25, 0.3) is 5.69 Å². The van der Waals surface area contributed by atoms with Crippen molar-refractivity contribution in [3.63, 3.8) is 0 Å². The van der Waals surface area contributed by atoms with Crippen LogP contribution in [0.1, 0.15) is 22.5 Å². The van der Waals surface area contributed by atoms with Crippen molar-refractivity contribution < 1.29 is 18.1 Å². The first kappa shape index (κ1) is 15.1. The maximum absolute atomic E-state index is 12.5. The third-order valence-corrected chi connectivity index (χ3v) is 3.06. The second-order valence-corrected chi connectivity index (χ2v) is 4.45. The minimum absolute atomic E-state index is 0.0710. The van der Waals surface area contributed by atoms with Crippen molar-refractivity contribution in [2.24, 2.45) is 0 Å². The summed E-state index contributed by atoms with van der Waals surface area (Å²) in [5, 5.41) is 10.6. The van der Waals surface area contributed by atoms with Gasteiger partial charge in [0.05, 0.1) is 18.3 Å². The summed E-state index contributed by atoms with van der Waals surface area (Å²) in [4.78, 5) is 10.0. The van der Waals surface area contributed by atoms with E-state index in [4.69, 9.17) is 7.85 Å². The average Bonchev–Trinajstić information content (AvgIpc) is 2.46. The molecule has 0 aromatic heterocycles. The van der Waals surface area contributed by atoms with E-state index in [-0.39, 0.29) is 5.69 Å². The molecule has 0 bridgehead atoms. The van der Waals surface area contributed by atoms with Gasteiger partial charge in [0.1, 0.15) is 0 Å². The number of halogens is 3. The quantitative estimate of drug-likeness (QED) is 0.489. The number of nitro benzene ring substituents is 1. The monoisotopic (exact) mass is 291 g/mol. The molecule has 0 saturated heterocycles. The van der Waals surface area contributed by atoms with Gasteiger partial charge in [0.2, 0.25) is 0 Å². The number of benzene rings is 2. The molecular formula is C14H9BF3NO2. The van der Waals surface area contributed by atoms with Gasteiger partial charge < -0.3 is 0 Å². The van der Waals surface area contributed by atoms with Crippen LogP contribution in [-0.2, 0) is 6.18 Å². The van der Waals surface area contributed by atoms with Crippen LogP contribution in [0.3, 0.4) is 0 Å². The zero-order valence-electron chi connectivity index (χ0n) is 10.7. The van der Waals surface area contributed by atoms with E-state index in [1.807, 2.05) is 0 Å². The highest BCUT2D eigenvalue weighted by Crippen LogP contribution is 2.31. The maximum atomic E-state index is 12.5. The SMILES string of the molecule is [B]C(c1ccc([N+](=O)[O-])cc1)c1ccc(C(F)(F)F)cc1. The normalized spacial score (nSPS) is 12.9. The van der Waals surface area contributed by atoms with Crippen molar-refractivity contribution >= 4 is 13.5 Å². The number of rotatable bonds is 3. The average molecular weight is 291 g/mol. The van der Waals surface area contributed by atoms with Crippen LogP contribution in [0, 0.1) is 10.1 Å². The van der Waals surface area contributed by atoms with Crippen LogP contribution in [-0.4, -0.2) is 12.8 Å². The summed E-state index contributed by atoms with van der Waals surface area (Å²) < 4.78 is 37.4. The summed E-state index contributed by atoms with van der Waals surface area (Å²) in [6, 6.07) is 10.1. The molecule has 0 aliphatic rings. The Morgan fingerprint density at radius 3 is 1.76 bits per heavy atom. The van der Waals surface area contributed by atoms with E-state index >= 15 is 0 Å². The Kier molecular flexibility index (Phi) is 4.02. The summed E-state index contributed by atoms with van der Waals surface area (Å²) in [5.41, 5.74) is 0.262. The number of non-ortho nitro benzene ring substituents is 1. The number of nitrogens with zero attached hydrogens (tertiary/aromatic N) is 1. The minimum Gasteiger partial charge on any atom is -0.258 e. The Hall–Kier alpha value is -2.31. The first-order valence-electron chi connectivity index (χ1n) is 5.96. The number of hydrogen-bond donors (Lipinski definition) is 0. The van der Waals surface area contributed by atoms with E-state index < -0.39 is 22.5 Å². The molecule has 0 N–H and O–H groups in total. The second-order valence-electron chi connectivity index (χ2n) is 4.45. The van der Waals surface area contributed by atoms with E-state index in [9.17, 15) is 23.3 Å². The summed E-state index contributed by atoms with van der Waals surface area (Å²) in [7, 11) is 5.95. The van der Waals surface area contributed by atoms with Crippen molar-refractivity contribution in [1.82, 2.24) is 0 Å². The Morgan fingerprint density at radius 2 is 1.38 bits per heavy atom. The van der Waals surface area contributed by atoms with E-state index in [1.165, 1.54) is 36.4 Å². The number of nitro groups is 1. The van der Waals surface area contributed by atoms with Gasteiger partial charge in [-0.2, -0.15) is 13.2 Å². The predicted octanol–water partition coefficient (Wildman–Crippen LogP) is 3.87. The fourth-order valence-electron chi connectivity index (χ4n) is 1.88. The fraction of sp³-hybridized carbons (Fsp3) is 0.143. The molecule has 0 saturated carbocycles. The summed E-state index contributed by atoms with van der Waals surface area (Å²) in [6.07, 6.45) is -4.39. The largest absolute Gasteiger partial charge is 0.416 e. The van der Waals surface area contributed by atoms with Crippen LogP contribution in [0.4, 0.5) is 18.9 Å². The molecule has 2 aromatic rings. The lowest BCUT2D eigenvalue weighted by Crippen LogP contribution is -2.06. The van der Waals surface area contributed by atoms with Gasteiger partial charge in [-0.3, -0.25) is 10.1 Å². The molecule has 7 heteroatoms. The van der Waals surface area contributed by atoms with Crippen molar-refractivity contribution in [3.05, 3.63) is 75.3 Å². The standard InChI is InChI=1S/C14H9BF3NO2/c15-13(10-3-7-12(8-4-10)19(20)21)9-1-5-11(6-2-9)14(16,17)18/h1-8,13H. The molecule has 0 heterocycles. The first-order chi connectivity index (χ1) is 9.79. The van der Waals surface area contributed by atoms with Crippen molar-refractivity contribution in [1.29, 1.82) is 0 Å². The van der Waals surface area contributed by atoms with E-state index in [0.29, 0.717) is 11.1 Å². The molecule has 106 valence electrons. The van der Waals surface area contributed by atoms with Crippen LogP contribution in [0.5, 0.6) is 0 Å². The van der Waals surface area contributed by atoms with Crippen LogP contribution < -0.4 is 0 Å².